The van der Waals surface area contributed by atoms with Crippen LogP contribution in [0.1, 0.15) is 35.9 Å². The molecule has 0 atom stereocenters. The summed E-state index contributed by atoms with van der Waals surface area (Å²) >= 11 is 0. The normalized spacial score (nSPS) is 10.7. The third-order valence-electron chi connectivity index (χ3n) is 3.32. The van der Waals surface area contributed by atoms with Crippen molar-refractivity contribution in [2.24, 2.45) is 0 Å². The summed E-state index contributed by atoms with van der Waals surface area (Å²) in [4.78, 5) is 19.5. The summed E-state index contributed by atoms with van der Waals surface area (Å²) in [5.41, 5.74) is 4.89. The Labute approximate surface area is 113 Å². The molecular weight excluding hydrogens is 236 g/mol. The lowest BCUT2D eigenvalue weighted by atomic mass is 10.0. The first-order chi connectivity index (χ1) is 9.02. The monoisotopic (exact) mass is 256 g/mol. The molecule has 3 nitrogen and oxygen atoms in total. The molecule has 0 fully saturated rings. The Hall–Kier alpha value is -1.90. The van der Waals surface area contributed by atoms with Crippen LogP contribution in [0.3, 0.4) is 0 Å². The van der Waals surface area contributed by atoms with Gasteiger partial charge < -0.3 is 4.98 Å². The number of nitrogens with one attached hydrogen (secondary N) is 1. The Bertz CT molecular complexity index is 656. The van der Waals surface area contributed by atoms with Crippen LogP contribution in [0.15, 0.2) is 23.0 Å². The van der Waals surface area contributed by atoms with Crippen LogP contribution in [-0.4, -0.2) is 9.97 Å². The van der Waals surface area contributed by atoms with Gasteiger partial charge in [0.25, 0.3) is 5.56 Å². The number of nitrogens with zero attached hydrogens (tertiary/aromatic N) is 1. The van der Waals surface area contributed by atoms with Gasteiger partial charge in [-0.2, -0.15) is 0 Å². The zero-order valence-corrected chi connectivity index (χ0v) is 12.0. The molecule has 0 aliphatic carbocycles. The van der Waals surface area contributed by atoms with Crippen LogP contribution in [0.5, 0.6) is 0 Å². The van der Waals surface area contributed by atoms with E-state index in [2.05, 4.69) is 48.9 Å². The lowest BCUT2D eigenvalue weighted by Gasteiger charge is -2.10. The second-order valence-corrected chi connectivity index (χ2v) is 5.05. The van der Waals surface area contributed by atoms with E-state index in [1.165, 1.54) is 5.56 Å². The fraction of sp³-hybridized carbons (Fsp3) is 0.375. The van der Waals surface area contributed by atoms with Gasteiger partial charge in [0.05, 0.1) is 5.69 Å². The molecule has 2 rings (SSSR count). The van der Waals surface area contributed by atoms with Crippen LogP contribution in [0, 0.1) is 20.8 Å². The summed E-state index contributed by atoms with van der Waals surface area (Å²) in [5, 5.41) is 0. The standard InChI is InChI=1S/C16H20N2O/c1-5-6-14-17-15(12(4)16(19)18-14)13-8-7-10(2)9-11(13)3/h7-9H,5-6H2,1-4H3,(H,17,18,19). The number of H-pyrrole nitrogens is 1. The molecule has 1 aromatic heterocycles. The van der Waals surface area contributed by atoms with Crippen molar-refractivity contribution in [3.8, 4) is 11.3 Å². The number of hydrogen-bond donors (Lipinski definition) is 1. The van der Waals surface area contributed by atoms with Crippen LogP contribution in [0.4, 0.5) is 0 Å². The van der Waals surface area contributed by atoms with E-state index >= 15 is 0 Å². The highest BCUT2D eigenvalue weighted by atomic mass is 16.1. The summed E-state index contributed by atoms with van der Waals surface area (Å²) in [5.74, 6) is 0.771. The van der Waals surface area contributed by atoms with Crippen LogP contribution in [0.2, 0.25) is 0 Å². The van der Waals surface area contributed by atoms with Gasteiger partial charge in [0, 0.05) is 17.5 Å². The van der Waals surface area contributed by atoms with E-state index in [4.69, 9.17) is 0 Å². The largest absolute Gasteiger partial charge is 0.310 e. The smallest absolute Gasteiger partial charge is 0.254 e. The number of aromatic amines is 1. The maximum Gasteiger partial charge on any atom is 0.254 e. The number of aryl methyl sites for hydroxylation is 3. The minimum absolute atomic E-state index is 0.0339. The molecule has 0 saturated carbocycles. The fourth-order valence-electron chi connectivity index (χ4n) is 2.28. The van der Waals surface area contributed by atoms with Gasteiger partial charge in [-0.05, 0) is 32.8 Å². The number of benzene rings is 1. The summed E-state index contributed by atoms with van der Waals surface area (Å²) < 4.78 is 0. The molecule has 0 bridgehead atoms. The lowest BCUT2D eigenvalue weighted by Crippen LogP contribution is -2.16. The van der Waals surface area contributed by atoms with Crippen LogP contribution >= 0.6 is 0 Å². The quantitative estimate of drug-likeness (QED) is 0.915. The Morgan fingerprint density at radius 3 is 2.58 bits per heavy atom. The van der Waals surface area contributed by atoms with E-state index in [1.54, 1.807) is 0 Å². The molecule has 2 aromatic rings. The highest BCUT2D eigenvalue weighted by Gasteiger charge is 2.11. The molecule has 0 radical (unpaired) electrons. The highest BCUT2D eigenvalue weighted by molar-refractivity contribution is 5.66. The van der Waals surface area contributed by atoms with E-state index in [-0.39, 0.29) is 5.56 Å². The topological polar surface area (TPSA) is 45.8 Å². The molecule has 1 N–H and O–H groups in total. The van der Waals surface area contributed by atoms with Crippen molar-refractivity contribution >= 4 is 0 Å². The molecule has 0 amide bonds. The van der Waals surface area contributed by atoms with Gasteiger partial charge in [-0.1, -0.05) is 30.7 Å². The van der Waals surface area contributed by atoms with Crippen molar-refractivity contribution in [1.82, 2.24) is 9.97 Å². The highest BCUT2D eigenvalue weighted by Crippen LogP contribution is 2.24. The molecule has 0 aliphatic heterocycles. The van der Waals surface area contributed by atoms with Crippen LogP contribution in [-0.2, 0) is 6.42 Å². The summed E-state index contributed by atoms with van der Waals surface area (Å²) in [6.07, 6.45) is 1.77. The summed E-state index contributed by atoms with van der Waals surface area (Å²) in [6, 6.07) is 6.23. The Morgan fingerprint density at radius 2 is 1.95 bits per heavy atom. The average molecular weight is 256 g/mol. The Balaban J connectivity index is 2.63. The van der Waals surface area contributed by atoms with E-state index in [9.17, 15) is 4.79 Å². The van der Waals surface area contributed by atoms with Gasteiger partial charge >= 0.3 is 0 Å². The predicted molar refractivity (Wildman–Crippen MR) is 78.5 cm³/mol. The average Bonchev–Trinajstić information content (AvgIpc) is 2.34. The first-order valence-corrected chi connectivity index (χ1v) is 6.70. The van der Waals surface area contributed by atoms with Gasteiger partial charge in [0.2, 0.25) is 0 Å². The number of rotatable bonds is 3. The van der Waals surface area contributed by atoms with Crippen molar-refractivity contribution in [2.75, 3.05) is 0 Å². The van der Waals surface area contributed by atoms with Gasteiger partial charge in [-0.3, -0.25) is 4.79 Å². The van der Waals surface area contributed by atoms with Crippen molar-refractivity contribution in [2.45, 2.75) is 40.5 Å². The molecule has 0 aliphatic rings. The second-order valence-electron chi connectivity index (χ2n) is 5.05. The van der Waals surface area contributed by atoms with Gasteiger partial charge in [-0.15, -0.1) is 0 Å². The van der Waals surface area contributed by atoms with Gasteiger partial charge in [0.15, 0.2) is 0 Å². The number of aromatic nitrogens is 2. The molecular formula is C16H20N2O. The molecule has 0 unspecified atom stereocenters. The molecule has 3 heteroatoms. The van der Waals surface area contributed by atoms with E-state index in [0.717, 1.165) is 35.5 Å². The first-order valence-electron chi connectivity index (χ1n) is 6.70. The molecule has 100 valence electrons. The van der Waals surface area contributed by atoms with Crippen molar-refractivity contribution in [1.29, 1.82) is 0 Å². The number of hydrogen-bond acceptors (Lipinski definition) is 2. The van der Waals surface area contributed by atoms with Crippen LogP contribution < -0.4 is 5.56 Å². The zero-order chi connectivity index (χ0) is 14.0. The molecule has 1 heterocycles. The molecule has 0 saturated heterocycles. The molecule has 1 aromatic carbocycles. The van der Waals surface area contributed by atoms with Crippen molar-refractivity contribution in [3.63, 3.8) is 0 Å². The lowest BCUT2D eigenvalue weighted by molar-refractivity contribution is 0.822. The van der Waals surface area contributed by atoms with Crippen molar-refractivity contribution in [3.05, 3.63) is 51.1 Å². The minimum atomic E-state index is -0.0339. The second kappa shape index (κ2) is 5.39. The van der Waals surface area contributed by atoms with Crippen LogP contribution in [0.25, 0.3) is 11.3 Å². The van der Waals surface area contributed by atoms with E-state index in [0.29, 0.717) is 5.56 Å². The summed E-state index contributed by atoms with van der Waals surface area (Å²) in [6.45, 7) is 8.04. The Morgan fingerprint density at radius 1 is 1.21 bits per heavy atom. The maximum absolute atomic E-state index is 12.0. The molecule has 0 spiro atoms. The third-order valence-corrected chi connectivity index (χ3v) is 3.32. The van der Waals surface area contributed by atoms with E-state index < -0.39 is 0 Å². The molecule has 19 heavy (non-hydrogen) atoms. The minimum Gasteiger partial charge on any atom is -0.310 e. The SMILES string of the molecule is CCCc1nc(-c2ccc(C)cc2C)c(C)c(=O)[nH]1. The maximum atomic E-state index is 12.0. The van der Waals surface area contributed by atoms with Gasteiger partial charge in [-0.25, -0.2) is 4.98 Å². The summed E-state index contributed by atoms with van der Waals surface area (Å²) in [7, 11) is 0. The third kappa shape index (κ3) is 2.75. The Kier molecular flexibility index (Phi) is 3.84. The van der Waals surface area contributed by atoms with Crippen molar-refractivity contribution < 1.29 is 0 Å². The first kappa shape index (κ1) is 13.5. The fourth-order valence-corrected chi connectivity index (χ4v) is 2.28. The van der Waals surface area contributed by atoms with Gasteiger partial charge in [0.1, 0.15) is 5.82 Å². The zero-order valence-electron chi connectivity index (χ0n) is 12.0. The van der Waals surface area contributed by atoms with E-state index in [1.807, 2.05) is 6.92 Å². The predicted octanol–water partition coefficient (Wildman–Crippen LogP) is 3.31.